The van der Waals surface area contributed by atoms with Crippen molar-refractivity contribution in [2.75, 3.05) is 12.9 Å². The minimum absolute atomic E-state index is 0.0554. The second kappa shape index (κ2) is 7.51. The maximum Gasteiger partial charge on any atom is 0.233 e. The Morgan fingerprint density at radius 1 is 1.35 bits per heavy atom. The van der Waals surface area contributed by atoms with Crippen LogP contribution < -0.4 is 10.1 Å². The fourth-order valence-electron chi connectivity index (χ4n) is 2.75. The van der Waals surface area contributed by atoms with Crippen molar-refractivity contribution in [2.24, 2.45) is 0 Å². The van der Waals surface area contributed by atoms with Gasteiger partial charge < -0.3 is 10.1 Å². The maximum absolute atomic E-state index is 12.6. The lowest BCUT2D eigenvalue weighted by Gasteiger charge is -2.21. The van der Waals surface area contributed by atoms with Crippen molar-refractivity contribution in [1.82, 2.24) is 10.3 Å². The number of nitrogens with zero attached hydrogens (tertiary/aromatic N) is 1. The molecule has 3 rings (SSSR count). The van der Waals surface area contributed by atoms with E-state index in [9.17, 15) is 4.79 Å². The number of rotatable bonds is 5. The standard InChI is InChI=1S/C18H20N2O2S/c1-22-15-7-2-5-13(11-15)17(14-6-3-9-19-12-14)20-18(21)16-8-4-10-23-16/h2-3,5-7,9,11-12,16-17H,4,8,10H2,1H3,(H,20,21). The van der Waals surface area contributed by atoms with Crippen LogP contribution >= 0.6 is 11.8 Å². The topological polar surface area (TPSA) is 51.2 Å². The van der Waals surface area contributed by atoms with Crippen LogP contribution in [0.1, 0.15) is 30.0 Å². The molecule has 0 radical (unpaired) electrons. The first-order valence-corrected chi connectivity index (χ1v) is 8.78. The van der Waals surface area contributed by atoms with E-state index in [-0.39, 0.29) is 17.2 Å². The number of pyridine rings is 1. The van der Waals surface area contributed by atoms with E-state index in [2.05, 4.69) is 10.3 Å². The molecule has 1 aliphatic heterocycles. The summed E-state index contributed by atoms with van der Waals surface area (Å²) in [4.78, 5) is 16.8. The predicted octanol–water partition coefficient (Wildman–Crippen LogP) is 3.19. The van der Waals surface area contributed by atoms with Crippen LogP contribution in [0.2, 0.25) is 0 Å². The SMILES string of the molecule is COc1cccc(C(NC(=O)C2CCCS2)c2cccnc2)c1. The molecular formula is C18H20N2O2S. The molecule has 120 valence electrons. The molecular weight excluding hydrogens is 308 g/mol. The fraction of sp³-hybridized carbons (Fsp3) is 0.333. The first kappa shape index (κ1) is 15.9. The van der Waals surface area contributed by atoms with E-state index in [1.54, 1.807) is 31.3 Å². The number of carbonyl (C=O) groups excluding carboxylic acids is 1. The third-order valence-electron chi connectivity index (χ3n) is 3.95. The minimum atomic E-state index is -0.215. The Labute approximate surface area is 140 Å². The van der Waals surface area contributed by atoms with Gasteiger partial charge in [-0.3, -0.25) is 9.78 Å². The highest BCUT2D eigenvalue weighted by Gasteiger charge is 2.26. The van der Waals surface area contributed by atoms with Crippen molar-refractivity contribution < 1.29 is 9.53 Å². The zero-order valence-corrected chi connectivity index (χ0v) is 13.9. The van der Waals surface area contributed by atoms with Gasteiger partial charge in [0.1, 0.15) is 5.75 Å². The van der Waals surface area contributed by atoms with E-state index in [0.717, 1.165) is 35.5 Å². The second-order valence-electron chi connectivity index (χ2n) is 5.51. The molecule has 2 atom stereocenters. The lowest BCUT2D eigenvalue weighted by Crippen LogP contribution is -2.35. The Hall–Kier alpha value is -2.01. The largest absolute Gasteiger partial charge is 0.497 e. The van der Waals surface area contributed by atoms with Crippen molar-refractivity contribution >= 4 is 17.7 Å². The summed E-state index contributed by atoms with van der Waals surface area (Å²) in [6.45, 7) is 0. The van der Waals surface area contributed by atoms with Gasteiger partial charge in [0.25, 0.3) is 0 Å². The van der Waals surface area contributed by atoms with E-state index >= 15 is 0 Å². The van der Waals surface area contributed by atoms with Crippen LogP contribution in [0.4, 0.5) is 0 Å². The normalized spacial score (nSPS) is 18.4. The zero-order chi connectivity index (χ0) is 16.1. The number of ether oxygens (including phenoxy) is 1. The van der Waals surface area contributed by atoms with Gasteiger partial charge in [0.2, 0.25) is 5.91 Å². The van der Waals surface area contributed by atoms with Gasteiger partial charge in [-0.25, -0.2) is 0 Å². The lowest BCUT2D eigenvalue weighted by atomic mass is 9.99. The minimum Gasteiger partial charge on any atom is -0.497 e. The van der Waals surface area contributed by atoms with Gasteiger partial charge >= 0.3 is 0 Å². The van der Waals surface area contributed by atoms with Crippen molar-refractivity contribution in [3.8, 4) is 5.75 Å². The molecule has 1 aromatic carbocycles. The van der Waals surface area contributed by atoms with Crippen molar-refractivity contribution in [2.45, 2.75) is 24.1 Å². The van der Waals surface area contributed by atoms with Crippen LogP contribution in [0, 0.1) is 0 Å². The lowest BCUT2D eigenvalue weighted by molar-refractivity contribution is -0.121. The van der Waals surface area contributed by atoms with E-state index < -0.39 is 0 Å². The molecule has 1 saturated heterocycles. The molecule has 2 unspecified atom stereocenters. The molecule has 23 heavy (non-hydrogen) atoms. The Bertz CT molecular complexity index is 657. The van der Waals surface area contributed by atoms with Gasteiger partial charge in [-0.15, -0.1) is 11.8 Å². The molecule has 0 bridgehead atoms. The van der Waals surface area contributed by atoms with Gasteiger partial charge in [-0.2, -0.15) is 0 Å². The number of aromatic nitrogens is 1. The Morgan fingerprint density at radius 3 is 2.91 bits per heavy atom. The van der Waals surface area contributed by atoms with E-state index in [4.69, 9.17) is 4.74 Å². The highest BCUT2D eigenvalue weighted by Crippen LogP contribution is 2.29. The molecule has 5 heteroatoms. The molecule has 2 aromatic rings. The highest BCUT2D eigenvalue weighted by atomic mass is 32.2. The maximum atomic E-state index is 12.6. The summed E-state index contributed by atoms with van der Waals surface area (Å²) in [5, 5.41) is 3.24. The van der Waals surface area contributed by atoms with Gasteiger partial charge in [-0.05, 0) is 47.9 Å². The number of thioether (sulfide) groups is 1. The van der Waals surface area contributed by atoms with E-state index in [1.165, 1.54) is 0 Å². The third kappa shape index (κ3) is 3.85. The Morgan fingerprint density at radius 2 is 2.22 bits per heavy atom. The summed E-state index contributed by atoms with van der Waals surface area (Å²) >= 11 is 1.74. The molecule has 1 N–H and O–H groups in total. The summed E-state index contributed by atoms with van der Waals surface area (Å²) in [7, 11) is 1.64. The van der Waals surface area contributed by atoms with Gasteiger partial charge in [0, 0.05) is 12.4 Å². The summed E-state index contributed by atoms with van der Waals surface area (Å²) in [5.41, 5.74) is 1.96. The fourth-order valence-corrected chi connectivity index (χ4v) is 3.92. The van der Waals surface area contributed by atoms with Gasteiger partial charge in [0.15, 0.2) is 0 Å². The molecule has 0 saturated carbocycles. The Kier molecular flexibility index (Phi) is 5.18. The summed E-state index contributed by atoms with van der Waals surface area (Å²) < 4.78 is 5.31. The predicted molar refractivity (Wildman–Crippen MR) is 92.7 cm³/mol. The summed E-state index contributed by atoms with van der Waals surface area (Å²) in [6.07, 6.45) is 5.60. The van der Waals surface area contributed by atoms with E-state index in [0.29, 0.717) is 0 Å². The molecule has 0 aliphatic carbocycles. The van der Waals surface area contributed by atoms with Gasteiger partial charge in [-0.1, -0.05) is 18.2 Å². The molecule has 1 aliphatic rings. The van der Waals surface area contributed by atoms with Crippen LogP contribution in [0.5, 0.6) is 5.75 Å². The van der Waals surface area contributed by atoms with Crippen molar-refractivity contribution in [1.29, 1.82) is 0 Å². The Balaban J connectivity index is 1.88. The molecule has 1 amide bonds. The smallest absolute Gasteiger partial charge is 0.233 e. The van der Waals surface area contributed by atoms with Crippen molar-refractivity contribution in [3.63, 3.8) is 0 Å². The number of nitrogens with one attached hydrogen (secondary N) is 1. The summed E-state index contributed by atoms with van der Waals surface area (Å²) in [6, 6.07) is 11.5. The molecule has 0 spiro atoms. The number of methoxy groups -OCH3 is 1. The highest BCUT2D eigenvalue weighted by molar-refractivity contribution is 8.00. The summed E-state index contributed by atoms with van der Waals surface area (Å²) in [5.74, 6) is 1.94. The van der Waals surface area contributed by atoms with Crippen LogP contribution in [0.25, 0.3) is 0 Å². The van der Waals surface area contributed by atoms with E-state index in [1.807, 2.05) is 36.4 Å². The number of carbonyl (C=O) groups is 1. The molecule has 2 heterocycles. The average molecular weight is 328 g/mol. The van der Waals surface area contributed by atoms with Crippen LogP contribution in [-0.2, 0) is 4.79 Å². The van der Waals surface area contributed by atoms with Crippen molar-refractivity contribution in [3.05, 3.63) is 59.9 Å². The quantitative estimate of drug-likeness (QED) is 0.916. The number of hydrogen-bond donors (Lipinski definition) is 1. The van der Waals surface area contributed by atoms with Crippen LogP contribution in [0.15, 0.2) is 48.8 Å². The number of benzene rings is 1. The van der Waals surface area contributed by atoms with Crippen LogP contribution in [0.3, 0.4) is 0 Å². The van der Waals surface area contributed by atoms with Crippen LogP contribution in [-0.4, -0.2) is 29.0 Å². The molecule has 1 fully saturated rings. The average Bonchev–Trinajstić information content (AvgIpc) is 3.15. The number of amides is 1. The second-order valence-corrected chi connectivity index (χ2v) is 6.82. The monoisotopic (exact) mass is 328 g/mol. The molecule has 4 nitrogen and oxygen atoms in total. The number of hydrogen-bond acceptors (Lipinski definition) is 4. The first-order chi connectivity index (χ1) is 11.3. The zero-order valence-electron chi connectivity index (χ0n) is 13.1. The first-order valence-electron chi connectivity index (χ1n) is 7.74. The van der Waals surface area contributed by atoms with Gasteiger partial charge in [0.05, 0.1) is 18.4 Å². The third-order valence-corrected chi connectivity index (χ3v) is 5.33. The molecule has 1 aromatic heterocycles.